The first-order chi connectivity index (χ1) is 13.9. The van der Waals surface area contributed by atoms with Crippen LogP contribution in [-0.4, -0.2) is 48.8 Å². The maximum absolute atomic E-state index is 12.5. The standard InChI is InChI=1S/C13H27.C9H8N3O2S.Sn/c1-4-7-10-13(11-8-5-2)12-9-6-3;1-6(13)10-4-7(14)8-9-12(5-11-8)2-3-15-9;/h4-12H2,1-3H3;2,5H,4H2,1H3,(H,10,13);. The maximum atomic E-state index is 12.5. The number of hydrogen-bond donors (Lipinski definition) is 1. The Balaban J connectivity index is 2.25. The van der Waals surface area contributed by atoms with Crippen molar-refractivity contribution in [2.24, 2.45) is 0 Å². The molecule has 0 aromatic carbocycles. The number of amides is 1. The van der Waals surface area contributed by atoms with Gasteiger partial charge in [0.2, 0.25) is 0 Å². The Labute approximate surface area is 189 Å². The van der Waals surface area contributed by atoms with Crippen LogP contribution in [0.5, 0.6) is 0 Å². The fourth-order valence-corrected chi connectivity index (χ4v) is 12.0. The van der Waals surface area contributed by atoms with E-state index in [1.807, 2.05) is 4.40 Å². The zero-order valence-corrected chi connectivity index (χ0v) is 22.0. The van der Waals surface area contributed by atoms with Crippen molar-refractivity contribution >= 4 is 51.9 Å². The first-order valence-corrected chi connectivity index (χ1v) is 14.6. The van der Waals surface area contributed by atoms with Crippen LogP contribution < -0.4 is 8.21 Å². The first-order valence-electron chi connectivity index (χ1n) is 11.0. The van der Waals surface area contributed by atoms with Crippen LogP contribution in [-0.2, 0) is 4.79 Å². The third-order valence-electron chi connectivity index (χ3n) is 5.39. The summed E-state index contributed by atoms with van der Waals surface area (Å²) in [4.78, 5) is 28.8. The van der Waals surface area contributed by atoms with Crippen molar-refractivity contribution in [3.63, 3.8) is 0 Å². The second-order valence-corrected chi connectivity index (χ2v) is 15.3. The van der Waals surface area contributed by atoms with Crippen molar-refractivity contribution in [3.05, 3.63) is 18.2 Å². The van der Waals surface area contributed by atoms with Gasteiger partial charge >= 0.3 is 190 Å². The van der Waals surface area contributed by atoms with Gasteiger partial charge in [-0.15, -0.1) is 0 Å². The van der Waals surface area contributed by atoms with E-state index in [2.05, 4.69) is 37.3 Å². The topological polar surface area (TPSA) is 63.5 Å². The molecule has 2 aromatic heterocycles. The van der Waals surface area contributed by atoms with Gasteiger partial charge in [-0.05, 0) is 0 Å². The van der Waals surface area contributed by atoms with Crippen LogP contribution in [0.15, 0.2) is 12.5 Å². The molecule has 0 fully saturated rings. The van der Waals surface area contributed by atoms with Gasteiger partial charge in [0.25, 0.3) is 0 Å². The molecule has 0 saturated carbocycles. The Morgan fingerprint density at radius 2 is 1.69 bits per heavy atom. The summed E-state index contributed by atoms with van der Waals surface area (Å²) in [6, 6.07) is 0. The molecule has 160 valence electrons. The molecule has 0 aliphatic rings. The SMILES string of the molecule is CCCC[C](CCCC)(CCCC)[Sn][c]1cn2cnc(C(=O)CNC(C)=O)c2s1. The van der Waals surface area contributed by atoms with Gasteiger partial charge in [0.05, 0.1) is 0 Å². The summed E-state index contributed by atoms with van der Waals surface area (Å²) in [5, 5.41) is 2.59. The Morgan fingerprint density at radius 3 is 2.21 bits per heavy atom. The fraction of sp³-hybridized carbons (Fsp3) is 0.682. The van der Waals surface area contributed by atoms with Crippen LogP contribution in [0, 0.1) is 0 Å². The third-order valence-corrected chi connectivity index (χ3v) is 12.6. The van der Waals surface area contributed by atoms with Crippen molar-refractivity contribution in [2.75, 3.05) is 6.54 Å². The Bertz CT molecular complexity index is 777. The average molecular weight is 524 g/mol. The molecule has 1 amide bonds. The minimum absolute atomic E-state index is 0.0165. The molecule has 0 aliphatic heterocycles. The van der Waals surface area contributed by atoms with E-state index >= 15 is 0 Å². The molecule has 0 spiro atoms. The predicted octanol–water partition coefficient (Wildman–Crippen LogP) is 4.77. The van der Waals surface area contributed by atoms with Crippen LogP contribution in [0.4, 0.5) is 0 Å². The zero-order valence-electron chi connectivity index (χ0n) is 18.3. The molecule has 2 aromatic rings. The van der Waals surface area contributed by atoms with Gasteiger partial charge in [-0.2, -0.15) is 0 Å². The molecule has 0 unspecified atom stereocenters. The summed E-state index contributed by atoms with van der Waals surface area (Å²) in [5.41, 5.74) is 0.496. The molecule has 29 heavy (non-hydrogen) atoms. The molecule has 5 nitrogen and oxygen atoms in total. The van der Waals surface area contributed by atoms with Gasteiger partial charge in [-0.1, -0.05) is 0 Å². The van der Waals surface area contributed by atoms with Crippen LogP contribution in [0.1, 0.15) is 96.0 Å². The van der Waals surface area contributed by atoms with E-state index in [0.717, 1.165) is 4.83 Å². The van der Waals surface area contributed by atoms with Gasteiger partial charge in [-0.25, -0.2) is 0 Å². The Hall–Kier alpha value is -0.891. The molecule has 2 rings (SSSR count). The van der Waals surface area contributed by atoms with Crippen molar-refractivity contribution in [1.29, 1.82) is 0 Å². The van der Waals surface area contributed by atoms with Crippen LogP contribution in [0.3, 0.4) is 0 Å². The number of unbranched alkanes of at least 4 members (excludes halogenated alkanes) is 3. The summed E-state index contributed by atoms with van der Waals surface area (Å²) in [7, 11) is 0. The molecule has 0 atom stereocenters. The number of aromatic nitrogens is 2. The monoisotopic (exact) mass is 525 g/mol. The number of nitrogens with zero attached hydrogens (tertiary/aromatic N) is 2. The first kappa shape index (κ1) is 24.4. The number of fused-ring (bicyclic) bond motifs is 1. The van der Waals surface area contributed by atoms with E-state index < -0.39 is 21.1 Å². The second kappa shape index (κ2) is 12.1. The van der Waals surface area contributed by atoms with E-state index in [9.17, 15) is 9.59 Å². The molecule has 2 radical (unpaired) electrons. The van der Waals surface area contributed by atoms with Gasteiger partial charge in [-0.3, -0.25) is 0 Å². The van der Waals surface area contributed by atoms with Gasteiger partial charge in [0, 0.05) is 0 Å². The van der Waals surface area contributed by atoms with E-state index in [-0.39, 0.29) is 18.2 Å². The number of thiazole rings is 1. The number of imidazole rings is 1. The van der Waals surface area contributed by atoms with Gasteiger partial charge < -0.3 is 0 Å². The number of carbonyl (C=O) groups excluding carboxylic acids is 2. The molecule has 0 saturated heterocycles. The van der Waals surface area contributed by atoms with Crippen molar-refractivity contribution in [1.82, 2.24) is 14.7 Å². The van der Waals surface area contributed by atoms with Crippen LogP contribution >= 0.6 is 11.3 Å². The summed E-state index contributed by atoms with van der Waals surface area (Å²) in [6.07, 6.45) is 15.8. The van der Waals surface area contributed by atoms with E-state index in [1.54, 1.807) is 17.7 Å². The van der Waals surface area contributed by atoms with E-state index in [4.69, 9.17) is 0 Å². The molecule has 0 bridgehead atoms. The molecular formula is C22H35N3O2SSn. The number of Topliss-reactive ketones (excluding diaryl/α,β-unsaturated/α-hetero) is 1. The number of ketones is 1. The van der Waals surface area contributed by atoms with Crippen LogP contribution in [0.2, 0.25) is 3.43 Å². The number of carbonyl (C=O) groups is 2. The third kappa shape index (κ3) is 7.09. The Morgan fingerprint density at radius 1 is 1.10 bits per heavy atom. The molecule has 2 heterocycles. The normalized spacial score (nSPS) is 11.9. The van der Waals surface area contributed by atoms with E-state index in [0.29, 0.717) is 9.12 Å². The Kier molecular flexibility index (Phi) is 10.2. The number of rotatable bonds is 14. The quantitative estimate of drug-likeness (QED) is 0.286. The summed E-state index contributed by atoms with van der Waals surface area (Å²) in [6.45, 7) is 8.33. The van der Waals surface area contributed by atoms with Gasteiger partial charge in [0.15, 0.2) is 0 Å². The van der Waals surface area contributed by atoms with Crippen molar-refractivity contribution in [2.45, 2.75) is 88.9 Å². The summed E-state index contributed by atoms with van der Waals surface area (Å²) >= 11 is 0.944. The molecule has 7 heteroatoms. The van der Waals surface area contributed by atoms with Crippen LogP contribution in [0.25, 0.3) is 4.83 Å². The number of nitrogens with one attached hydrogen (secondary N) is 1. The van der Waals surface area contributed by atoms with Crippen molar-refractivity contribution < 1.29 is 9.59 Å². The average Bonchev–Trinajstić information content (AvgIpc) is 3.27. The van der Waals surface area contributed by atoms with Crippen molar-refractivity contribution in [3.8, 4) is 0 Å². The molecular weight excluding hydrogens is 489 g/mol. The minimum atomic E-state index is -0.819. The van der Waals surface area contributed by atoms with E-state index in [1.165, 1.54) is 67.6 Å². The molecule has 0 aliphatic carbocycles. The second-order valence-electron chi connectivity index (χ2n) is 7.95. The summed E-state index contributed by atoms with van der Waals surface area (Å²) < 4.78 is 4.05. The number of hydrogen-bond acceptors (Lipinski definition) is 4. The zero-order chi connectivity index (χ0) is 21.3. The van der Waals surface area contributed by atoms with Gasteiger partial charge in [0.1, 0.15) is 0 Å². The predicted molar refractivity (Wildman–Crippen MR) is 123 cm³/mol. The summed E-state index contributed by atoms with van der Waals surface area (Å²) in [5.74, 6) is -0.307. The fourth-order valence-electron chi connectivity index (χ4n) is 3.71. The molecule has 1 N–H and O–H groups in total.